The number of hydrogen-bond donors (Lipinski definition) is 1. The van der Waals surface area contributed by atoms with E-state index in [-0.39, 0.29) is 11.5 Å². The van der Waals surface area contributed by atoms with Gasteiger partial charge >= 0.3 is 5.97 Å². The van der Waals surface area contributed by atoms with Gasteiger partial charge in [0.05, 0.1) is 5.56 Å². The summed E-state index contributed by atoms with van der Waals surface area (Å²) in [5.74, 6) is -0.191. The molecule has 0 bridgehead atoms. The Labute approximate surface area is 112 Å². The topological polar surface area (TPSA) is 81.8 Å². The number of carboxylic acids is 1. The maximum Gasteiger partial charge on any atom is 0.358 e. The van der Waals surface area contributed by atoms with Gasteiger partial charge in [0.2, 0.25) is 0 Å². The Bertz CT molecular complexity index is 667. The van der Waals surface area contributed by atoms with E-state index < -0.39 is 12.6 Å². The van der Waals surface area contributed by atoms with Crippen molar-refractivity contribution in [1.29, 1.82) is 0 Å². The van der Waals surface area contributed by atoms with Gasteiger partial charge in [-0.05, 0) is 17.7 Å². The van der Waals surface area contributed by atoms with E-state index in [2.05, 4.69) is 5.16 Å². The number of nitrogens with zero attached hydrogens (tertiary/aromatic N) is 1. The zero-order chi connectivity index (χ0) is 14.1. The number of rotatable bonds is 3. The van der Waals surface area contributed by atoms with Crippen LogP contribution < -0.4 is 9.47 Å². The van der Waals surface area contributed by atoms with Crippen LogP contribution >= 0.6 is 0 Å². The second-order valence-electron chi connectivity index (χ2n) is 4.18. The Balaban J connectivity index is 2.13. The molecule has 0 atom stereocenters. The summed E-state index contributed by atoms with van der Waals surface area (Å²) in [7, 11) is 0. The lowest BCUT2D eigenvalue weighted by atomic mass is 10.1. The molecule has 0 amide bonds. The lowest BCUT2D eigenvalue weighted by molar-refractivity contribution is 0.0686. The number of carboxylic acid groups (broad SMARTS) is 1. The lowest BCUT2D eigenvalue weighted by Crippen LogP contribution is -2.16. The van der Waals surface area contributed by atoms with Crippen LogP contribution in [0.4, 0.5) is 4.39 Å². The zero-order valence-corrected chi connectivity index (χ0v) is 10.3. The van der Waals surface area contributed by atoms with Crippen molar-refractivity contribution in [2.45, 2.75) is 6.67 Å². The number of hydrogen-bond acceptors (Lipinski definition) is 5. The van der Waals surface area contributed by atoms with E-state index in [0.29, 0.717) is 35.8 Å². The predicted molar refractivity (Wildman–Crippen MR) is 64.7 cm³/mol. The molecule has 1 aromatic heterocycles. The second-order valence-corrected chi connectivity index (χ2v) is 4.18. The van der Waals surface area contributed by atoms with Gasteiger partial charge in [-0.3, -0.25) is 0 Å². The number of halogens is 1. The molecule has 0 spiro atoms. The Kier molecular flexibility index (Phi) is 3.02. The van der Waals surface area contributed by atoms with Crippen molar-refractivity contribution in [2.75, 3.05) is 13.2 Å². The number of benzene rings is 1. The average Bonchev–Trinajstić information content (AvgIpc) is 2.96. The molecule has 0 saturated carbocycles. The summed E-state index contributed by atoms with van der Waals surface area (Å²) >= 11 is 0. The first-order valence-corrected chi connectivity index (χ1v) is 5.88. The van der Waals surface area contributed by atoms with Gasteiger partial charge in [-0.25, -0.2) is 9.18 Å². The lowest BCUT2D eigenvalue weighted by Gasteiger charge is -2.21. The predicted octanol–water partition coefficient (Wildman–Crippen LogP) is 2.28. The van der Waals surface area contributed by atoms with Crippen molar-refractivity contribution in [3.8, 4) is 22.8 Å². The fourth-order valence-corrected chi connectivity index (χ4v) is 1.97. The summed E-state index contributed by atoms with van der Waals surface area (Å²) in [6, 6.07) is 4.34. The van der Waals surface area contributed by atoms with Crippen LogP contribution in [0.5, 0.6) is 11.5 Å². The van der Waals surface area contributed by atoms with Crippen LogP contribution in [-0.4, -0.2) is 29.4 Å². The molecule has 0 unspecified atom stereocenters. The Morgan fingerprint density at radius 1 is 1.30 bits per heavy atom. The van der Waals surface area contributed by atoms with E-state index in [1.165, 1.54) is 12.1 Å². The summed E-state index contributed by atoms with van der Waals surface area (Å²) in [4.78, 5) is 10.8. The molecule has 104 valence electrons. The van der Waals surface area contributed by atoms with E-state index in [0.717, 1.165) is 0 Å². The first-order valence-electron chi connectivity index (χ1n) is 5.88. The monoisotopic (exact) mass is 279 g/mol. The fourth-order valence-electron chi connectivity index (χ4n) is 1.97. The summed E-state index contributed by atoms with van der Waals surface area (Å²) in [6.07, 6.45) is 0. The van der Waals surface area contributed by atoms with Crippen molar-refractivity contribution in [3.05, 3.63) is 29.5 Å². The molecule has 0 aliphatic carbocycles. The highest BCUT2D eigenvalue weighted by molar-refractivity contribution is 5.87. The molecule has 0 fully saturated rings. The number of fused-ring (bicyclic) bond motifs is 1. The van der Waals surface area contributed by atoms with Crippen LogP contribution in [0.3, 0.4) is 0 Å². The molecule has 20 heavy (non-hydrogen) atoms. The minimum absolute atomic E-state index is 0.194. The van der Waals surface area contributed by atoms with Crippen molar-refractivity contribution < 1.29 is 28.3 Å². The van der Waals surface area contributed by atoms with Gasteiger partial charge in [-0.2, -0.15) is 0 Å². The molecule has 3 rings (SSSR count). The van der Waals surface area contributed by atoms with Crippen LogP contribution in [0.15, 0.2) is 22.7 Å². The standard InChI is InChI=1S/C13H10FNO5/c14-6-7-3-8(10-5-9(13(16)17)15-20-10)12-11(4-7)18-1-2-19-12/h3-5H,1-2,6H2,(H,16,17). The highest BCUT2D eigenvalue weighted by Gasteiger charge is 2.22. The van der Waals surface area contributed by atoms with Crippen LogP contribution in [0.25, 0.3) is 11.3 Å². The Hall–Kier alpha value is -2.57. The van der Waals surface area contributed by atoms with Gasteiger partial charge in [-0.15, -0.1) is 0 Å². The maximum atomic E-state index is 12.9. The minimum atomic E-state index is -1.20. The Morgan fingerprint density at radius 2 is 2.10 bits per heavy atom. The molecule has 2 heterocycles. The Morgan fingerprint density at radius 3 is 2.80 bits per heavy atom. The maximum absolute atomic E-state index is 12.9. The van der Waals surface area contributed by atoms with Crippen LogP contribution in [0.1, 0.15) is 16.1 Å². The van der Waals surface area contributed by atoms with Crippen LogP contribution in [-0.2, 0) is 6.67 Å². The summed E-state index contributed by atoms with van der Waals surface area (Å²) < 4.78 is 28.8. The molecule has 0 saturated heterocycles. The third-order valence-corrected chi connectivity index (χ3v) is 2.85. The first kappa shape index (κ1) is 12.5. The van der Waals surface area contributed by atoms with Crippen molar-refractivity contribution in [1.82, 2.24) is 5.16 Å². The molecule has 1 aromatic carbocycles. The molecule has 1 N–H and O–H groups in total. The van der Waals surface area contributed by atoms with Crippen LogP contribution in [0.2, 0.25) is 0 Å². The van der Waals surface area contributed by atoms with Crippen LogP contribution in [0, 0.1) is 0 Å². The van der Waals surface area contributed by atoms with E-state index in [1.807, 2.05) is 0 Å². The second kappa shape index (κ2) is 4.84. The first-order chi connectivity index (χ1) is 9.69. The van der Waals surface area contributed by atoms with Gasteiger partial charge in [0.15, 0.2) is 23.0 Å². The quantitative estimate of drug-likeness (QED) is 0.928. The minimum Gasteiger partial charge on any atom is -0.486 e. The highest BCUT2D eigenvalue weighted by atomic mass is 19.1. The van der Waals surface area contributed by atoms with Gasteiger partial charge in [0.25, 0.3) is 0 Å². The van der Waals surface area contributed by atoms with E-state index >= 15 is 0 Å². The third-order valence-electron chi connectivity index (χ3n) is 2.85. The third kappa shape index (κ3) is 2.07. The van der Waals surface area contributed by atoms with Crippen molar-refractivity contribution >= 4 is 5.97 Å². The zero-order valence-electron chi connectivity index (χ0n) is 10.3. The molecule has 1 aliphatic heterocycles. The van der Waals surface area contributed by atoms with Crippen molar-refractivity contribution in [2.24, 2.45) is 0 Å². The number of alkyl halides is 1. The molecule has 7 heteroatoms. The fraction of sp³-hybridized carbons (Fsp3) is 0.231. The average molecular weight is 279 g/mol. The summed E-state index contributed by atoms with van der Waals surface area (Å²) in [5, 5.41) is 12.3. The van der Waals surface area contributed by atoms with Crippen molar-refractivity contribution in [3.63, 3.8) is 0 Å². The number of carbonyl (C=O) groups is 1. The molecular weight excluding hydrogens is 269 g/mol. The van der Waals surface area contributed by atoms with E-state index in [9.17, 15) is 9.18 Å². The highest BCUT2D eigenvalue weighted by Crippen LogP contribution is 2.41. The van der Waals surface area contributed by atoms with Gasteiger partial charge in [-0.1, -0.05) is 5.16 Å². The van der Waals surface area contributed by atoms with Gasteiger partial charge in [0, 0.05) is 6.07 Å². The smallest absolute Gasteiger partial charge is 0.358 e. The van der Waals surface area contributed by atoms with E-state index in [4.69, 9.17) is 19.1 Å². The molecule has 0 radical (unpaired) electrons. The molecule has 1 aliphatic rings. The normalized spacial score (nSPS) is 13.2. The SMILES string of the molecule is O=C(O)c1cc(-c2cc(CF)cc3c2OCCO3)on1. The van der Waals surface area contributed by atoms with E-state index in [1.54, 1.807) is 6.07 Å². The molecule has 2 aromatic rings. The number of aromatic carboxylic acids is 1. The summed E-state index contributed by atoms with van der Waals surface area (Å²) in [6.45, 7) is 0.0530. The largest absolute Gasteiger partial charge is 0.486 e. The van der Waals surface area contributed by atoms with Gasteiger partial charge in [0.1, 0.15) is 19.9 Å². The number of aromatic nitrogens is 1. The summed E-state index contributed by atoms with van der Waals surface area (Å²) in [5.41, 5.74) is 0.587. The molecular formula is C13H10FNO5. The number of ether oxygens (including phenoxy) is 2. The van der Waals surface area contributed by atoms with Gasteiger partial charge < -0.3 is 19.1 Å². The molecule has 6 nitrogen and oxygen atoms in total.